The summed E-state index contributed by atoms with van der Waals surface area (Å²) in [7, 11) is 0. The highest BCUT2D eigenvalue weighted by Crippen LogP contribution is 2.22. The van der Waals surface area contributed by atoms with E-state index in [1.54, 1.807) is 11.0 Å². The van der Waals surface area contributed by atoms with Crippen molar-refractivity contribution in [3.63, 3.8) is 0 Å². The van der Waals surface area contributed by atoms with Crippen molar-refractivity contribution in [2.75, 3.05) is 13.1 Å². The number of carbonyl (C=O) groups excluding carboxylic acids is 1. The monoisotopic (exact) mass is 334 g/mol. The van der Waals surface area contributed by atoms with Crippen LogP contribution >= 0.6 is 12.4 Å². The van der Waals surface area contributed by atoms with Crippen LogP contribution in [-0.4, -0.2) is 36.5 Å². The van der Waals surface area contributed by atoms with Gasteiger partial charge < -0.3 is 15.4 Å². The molecule has 2 atom stereocenters. The minimum absolute atomic E-state index is 0. The van der Waals surface area contributed by atoms with Crippen molar-refractivity contribution in [3.8, 4) is 5.75 Å². The number of halogens is 3. The van der Waals surface area contributed by atoms with Gasteiger partial charge in [-0.1, -0.05) is 6.07 Å². The molecule has 1 aromatic carbocycles. The number of benzene rings is 1. The lowest BCUT2D eigenvalue weighted by Crippen LogP contribution is -2.45. The molecular formula is C15H21ClF2N2O2. The van der Waals surface area contributed by atoms with Crippen molar-refractivity contribution in [3.05, 3.63) is 29.8 Å². The van der Waals surface area contributed by atoms with Gasteiger partial charge in [0.1, 0.15) is 5.75 Å². The molecule has 124 valence electrons. The molecule has 2 rings (SSSR count). The van der Waals surface area contributed by atoms with Gasteiger partial charge in [-0.05, 0) is 43.9 Å². The van der Waals surface area contributed by atoms with Crippen LogP contribution in [0.4, 0.5) is 8.78 Å². The Morgan fingerprint density at radius 1 is 1.45 bits per heavy atom. The quantitative estimate of drug-likeness (QED) is 0.921. The molecule has 1 heterocycles. The maximum absolute atomic E-state index is 12.4. The summed E-state index contributed by atoms with van der Waals surface area (Å²) in [4.78, 5) is 14.2. The van der Waals surface area contributed by atoms with E-state index < -0.39 is 6.61 Å². The number of nitrogens with two attached hydrogens (primary N) is 1. The van der Waals surface area contributed by atoms with E-state index in [0.717, 1.165) is 12.8 Å². The van der Waals surface area contributed by atoms with E-state index in [9.17, 15) is 13.6 Å². The fraction of sp³-hybridized carbons (Fsp3) is 0.533. The van der Waals surface area contributed by atoms with E-state index in [-0.39, 0.29) is 36.0 Å². The number of hydrogen-bond donors (Lipinski definition) is 1. The first-order chi connectivity index (χ1) is 9.97. The zero-order valence-electron chi connectivity index (χ0n) is 12.4. The Morgan fingerprint density at radius 3 is 2.82 bits per heavy atom. The van der Waals surface area contributed by atoms with E-state index in [2.05, 4.69) is 4.74 Å². The first kappa shape index (κ1) is 18.6. The van der Waals surface area contributed by atoms with Gasteiger partial charge in [-0.15, -0.1) is 12.4 Å². The van der Waals surface area contributed by atoms with Crippen molar-refractivity contribution >= 4 is 18.3 Å². The van der Waals surface area contributed by atoms with Gasteiger partial charge >= 0.3 is 6.61 Å². The van der Waals surface area contributed by atoms with Gasteiger partial charge in [-0.3, -0.25) is 4.79 Å². The summed E-state index contributed by atoms with van der Waals surface area (Å²) < 4.78 is 28.8. The van der Waals surface area contributed by atoms with Gasteiger partial charge in [0.2, 0.25) is 0 Å². The van der Waals surface area contributed by atoms with Gasteiger partial charge in [0.25, 0.3) is 5.91 Å². The predicted octanol–water partition coefficient (Wildman–Crippen LogP) is 2.91. The van der Waals surface area contributed by atoms with Gasteiger partial charge in [-0.25, -0.2) is 0 Å². The van der Waals surface area contributed by atoms with Crippen LogP contribution in [0.3, 0.4) is 0 Å². The molecule has 0 aromatic heterocycles. The Bertz CT molecular complexity index is 500. The van der Waals surface area contributed by atoms with Crippen LogP contribution in [0.25, 0.3) is 0 Å². The van der Waals surface area contributed by atoms with Crippen LogP contribution < -0.4 is 10.5 Å². The normalized spacial score (nSPS) is 19.5. The molecule has 4 nitrogen and oxygen atoms in total. The molecule has 0 spiro atoms. The van der Waals surface area contributed by atoms with Crippen LogP contribution in [0.5, 0.6) is 5.75 Å². The minimum Gasteiger partial charge on any atom is -0.435 e. The SMILES string of the molecule is CC(N)C1CCCN(C(=O)c2cccc(OC(F)F)c2)C1.Cl. The smallest absolute Gasteiger partial charge is 0.387 e. The maximum atomic E-state index is 12.4. The lowest BCUT2D eigenvalue weighted by atomic mass is 9.92. The van der Waals surface area contributed by atoms with E-state index in [1.165, 1.54) is 18.2 Å². The number of ether oxygens (including phenoxy) is 1. The van der Waals surface area contributed by atoms with Gasteiger partial charge in [0.15, 0.2) is 0 Å². The molecule has 1 aromatic rings. The van der Waals surface area contributed by atoms with E-state index in [0.29, 0.717) is 18.7 Å². The third-order valence-corrected chi connectivity index (χ3v) is 3.79. The minimum atomic E-state index is -2.90. The summed E-state index contributed by atoms with van der Waals surface area (Å²) in [6.45, 7) is 0.321. The Balaban J connectivity index is 0.00000242. The highest BCUT2D eigenvalue weighted by atomic mass is 35.5. The summed E-state index contributed by atoms with van der Waals surface area (Å²) in [5, 5.41) is 0. The Labute approximate surface area is 135 Å². The molecule has 0 bridgehead atoms. The third-order valence-electron chi connectivity index (χ3n) is 3.79. The summed E-state index contributed by atoms with van der Waals surface area (Å²) in [5.74, 6) is 0.111. The van der Waals surface area contributed by atoms with Crippen LogP contribution in [0.15, 0.2) is 24.3 Å². The predicted molar refractivity (Wildman–Crippen MR) is 82.6 cm³/mol. The third kappa shape index (κ3) is 4.81. The molecule has 1 aliphatic heterocycles. The number of hydrogen-bond acceptors (Lipinski definition) is 3. The van der Waals surface area contributed by atoms with Gasteiger partial charge in [-0.2, -0.15) is 8.78 Å². The summed E-state index contributed by atoms with van der Waals surface area (Å²) in [6, 6.07) is 5.94. The number of alkyl halides is 2. The highest BCUT2D eigenvalue weighted by Gasteiger charge is 2.26. The first-order valence-electron chi connectivity index (χ1n) is 7.07. The molecule has 0 radical (unpaired) electrons. The fourth-order valence-corrected chi connectivity index (χ4v) is 2.61. The van der Waals surface area contributed by atoms with Crippen molar-refractivity contribution in [1.82, 2.24) is 4.90 Å². The highest BCUT2D eigenvalue weighted by molar-refractivity contribution is 5.94. The number of nitrogens with zero attached hydrogens (tertiary/aromatic N) is 1. The molecule has 0 aliphatic carbocycles. The molecule has 22 heavy (non-hydrogen) atoms. The standard InChI is InChI=1S/C15H20F2N2O2.ClH/c1-10(18)12-5-3-7-19(9-12)14(20)11-4-2-6-13(8-11)21-15(16)17;/h2,4,6,8,10,12,15H,3,5,7,9,18H2,1H3;1H. The molecule has 1 fully saturated rings. The zero-order valence-corrected chi connectivity index (χ0v) is 13.2. The summed E-state index contributed by atoms with van der Waals surface area (Å²) >= 11 is 0. The first-order valence-corrected chi connectivity index (χ1v) is 7.07. The van der Waals surface area contributed by atoms with Crippen LogP contribution in [0.1, 0.15) is 30.1 Å². The average molecular weight is 335 g/mol. The van der Waals surface area contributed by atoms with E-state index >= 15 is 0 Å². The second kappa shape index (κ2) is 8.29. The van der Waals surface area contributed by atoms with Gasteiger partial charge in [0.05, 0.1) is 0 Å². The van der Waals surface area contributed by atoms with Crippen LogP contribution in [0, 0.1) is 5.92 Å². The number of likely N-dealkylation sites (tertiary alicyclic amines) is 1. The lowest BCUT2D eigenvalue weighted by Gasteiger charge is -2.34. The molecule has 2 unspecified atom stereocenters. The molecule has 2 N–H and O–H groups in total. The number of piperidine rings is 1. The Hall–Kier alpha value is -1.40. The molecule has 0 saturated carbocycles. The maximum Gasteiger partial charge on any atom is 0.387 e. The average Bonchev–Trinajstić information content (AvgIpc) is 2.46. The largest absolute Gasteiger partial charge is 0.435 e. The van der Waals surface area contributed by atoms with Crippen molar-refractivity contribution in [2.45, 2.75) is 32.4 Å². The van der Waals surface area contributed by atoms with Crippen LogP contribution in [-0.2, 0) is 0 Å². The van der Waals surface area contributed by atoms with Crippen LogP contribution in [0.2, 0.25) is 0 Å². The molecule has 1 amide bonds. The Morgan fingerprint density at radius 2 is 2.18 bits per heavy atom. The zero-order chi connectivity index (χ0) is 15.4. The topological polar surface area (TPSA) is 55.6 Å². The molecule has 1 aliphatic rings. The second-order valence-electron chi connectivity index (χ2n) is 5.42. The second-order valence-corrected chi connectivity index (χ2v) is 5.42. The van der Waals surface area contributed by atoms with Gasteiger partial charge in [0, 0.05) is 24.7 Å². The Kier molecular flexibility index (Phi) is 7.03. The van der Waals surface area contributed by atoms with Crippen molar-refractivity contribution in [1.29, 1.82) is 0 Å². The molecule has 7 heteroatoms. The molecule has 1 saturated heterocycles. The molecular weight excluding hydrogens is 314 g/mol. The van der Waals surface area contributed by atoms with E-state index in [4.69, 9.17) is 5.73 Å². The summed E-state index contributed by atoms with van der Waals surface area (Å²) in [5.41, 5.74) is 6.27. The van der Waals surface area contributed by atoms with Crippen molar-refractivity contribution in [2.24, 2.45) is 11.7 Å². The fourth-order valence-electron chi connectivity index (χ4n) is 2.61. The summed E-state index contributed by atoms with van der Waals surface area (Å²) in [6.07, 6.45) is 1.92. The lowest BCUT2D eigenvalue weighted by molar-refractivity contribution is -0.0499. The van der Waals surface area contributed by atoms with E-state index in [1.807, 2.05) is 6.92 Å². The number of amides is 1. The van der Waals surface area contributed by atoms with Crippen molar-refractivity contribution < 1.29 is 18.3 Å². The number of rotatable bonds is 4. The number of carbonyl (C=O) groups is 1.